The number of nitrogens with zero attached hydrogens (tertiary/aromatic N) is 4. The van der Waals surface area contributed by atoms with E-state index in [9.17, 15) is 9.90 Å². The number of hydrogen-bond acceptors (Lipinski definition) is 5. The van der Waals surface area contributed by atoms with Crippen LogP contribution in [0.4, 0.5) is 0 Å². The van der Waals surface area contributed by atoms with Crippen LogP contribution in [0.5, 0.6) is 11.8 Å². The molecule has 8 nitrogen and oxygen atoms in total. The summed E-state index contributed by atoms with van der Waals surface area (Å²) in [6.07, 6.45) is -0.230. The summed E-state index contributed by atoms with van der Waals surface area (Å²) in [6.45, 7) is 4.24. The summed E-state index contributed by atoms with van der Waals surface area (Å²) in [5.74, 6) is 0.603. The minimum atomic E-state index is -0.586. The van der Waals surface area contributed by atoms with E-state index in [1.807, 2.05) is 43.3 Å². The van der Waals surface area contributed by atoms with Crippen LogP contribution in [0.25, 0.3) is 11.2 Å². The molecule has 2 N–H and O–H groups in total. The van der Waals surface area contributed by atoms with Gasteiger partial charge in [0.25, 0.3) is 0 Å². The second-order valence-electron chi connectivity index (χ2n) is 8.17. The SMILES string of the molecule is Cc1ccc(Oc2nc3c(c(=N)n(CCC(C)O)c(=O)n3C)n2Cc2ccc(Cl)cc2)cc1. The molecule has 4 aromatic rings. The molecule has 2 aromatic heterocycles. The highest BCUT2D eigenvalue weighted by Gasteiger charge is 2.20. The molecule has 1 unspecified atom stereocenters. The predicted molar refractivity (Wildman–Crippen MR) is 127 cm³/mol. The molecule has 4 rings (SSSR count). The fourth-order valence-corrected chi connectivity index (χ4v) is 3.74. The largest absolute Gasteiger partial charge is 0.425 e. The zero-order valence-electron chi connectivity index (χ0n) is 18.7. The lowest BCUT2D eigenvalue weighted by Crippen LogP contribution is -2.40. The molecule has 0 saturated heterocycles. The Hall–Kier alpha value is -3.36. The molecule has 33 heavy (non-hydrogen) atoms. The van der Waals surface area contributed by atoms with E-state index in [1.165, 1.54) is 9.13 Å². The van der Waals surface area contributed by atoms with Crippen molar-refractivity contribution in [2.45, 2.75) is 39.5 Å². The molecule has 0 bridgehead atoms. The summed E-state index contributed by atoms with van der Waals surface area (Å²) in [4.78, 5) is 17.5. The topological polar surface area (TPSA) is 98.1 Å². The number of fused-ring (bicyclic) bond motifs is 1. The minimum Gasteiger partial charge on any atom is -0.425 e. The van der Waals surface area contributed by atoms with E-state index in [0.29, 0.717) is 34.9 Å². The number of ether oxygens (including phenoxy) is 1. The molecule has 0 spiro atoms. The first-order chi connectivity index (χ1) is 15.7. The third kappa shape index (κ3) is 4.72. The fraction of sp³-hybridized carbons (Fsp3) is 0.292. The van der Waals surface area contributed by atoms with Gasteiger partial charge < -0.3 is 9.84 Å². The molecule has 0 radical (unpaired) electrons. The van der Waals surface area contributed by atoms with Crippen LogP contribution in [0.3, 0.4) is 0 Å². The van der Waals surface area contributed by atoms with Gasteiger partial charge in [0, 0.05) is 18.6 Å². The molecular weight excluding hydrogens is 442 g/mol. The zero-order valence-corrected chi connectivity index (χ0v) is 19.5. The van der Waals surface area contributed by atoms with Gasteiger partial charge >= 0.3 is 11.7 Å². The van der Waals surface area contributed by atoms with Crippen LogP contribution in [-0.2, 0) is 20.1 Å². The molecule has 2 heterocycles. The lowest BCUT2D eigenvalue weighted by atomic mass is 10.2. The zero-order chi connectivity index (χ0) is 23.7. The number of aliphatic hydroxyl groups excluding tert-OH is 1. The summed E-state index contributed by atoms with van der Waals surface area (Å²) >= 11 is 6.05. The van der Waals surface area contributed by atoms with Gasteiger partial charge in [-0.25, -0.2) is 4.79 Å². The molecule has 0 fully saturated rings. The molecule has 0 saturated carbocycles. The van der Waals surface area contributed by atoms with Crippen molar-refractivity contribution in [3.8, 4) is 11.8 Å². The van der Waals surface area contributed by atoms with E-state index in [0.717, 1.165) is 11.1 Å². The van der Waals surface area contributed by atoms with Gasteiger partial charge in [0.1, 0.15) is 11.3 Å². The summed E-state index contributed by atoms with van der Waals surface area (Å²) < 4.78 is 10.7. The molecule has 172 valence electrons. The Labute approximate surface area is 195 Å². The van der Waals surface area contributed by atoms with Gasteiger partial charge in [0.15, 0.2) is 11.1 Å². The molecule has 0 aliphatic carbocycles. The van der Waals surface area contributed by atoms with Crippen LogP contribution in [0.1, 0.15) is 24.5 Å². The molecule has 0 aliphatic heterocycles. The van der Waals surface area contributed by atoms with Gasteiger partial charge in [-0.3, -0.25) is 19.1 Å². The molecule has 1 atom stereocenters. The monoisotopic (exact) mass is 467 g/mol. The quantitative estimate of drug-likeness (QED) is 0.434. The van der Waals surface area contributed by atoms with Crippen molar-refractivity contribution in [3.63, 3.8) is 0 Å². The second-order valence-corrected chi connectivity index (χ2v) is 8.61. The van der Waals surface area contributed by atoms with E-state index >= 15 is 0 Å². The lowest BCUT2D eigenvalue weighted by Gasteiger charge is -2.13. The molecule has 0 aliphatic rings. The third-order valence-corrected chi connectivity index (χ3v) is 5.75. The Bertz CT molecular complexity index is 1400. The van der Waals surface area contributed by atoms with E-state index in [2.05, 4.69) is 4.98 Å². The van der Waals surface area contributed by atoms with Crippen molar-refractivity contribution >= 4 is 22.8 Å². The maximum atomic E-state index is 12.9. The first-order valence-electron chi connectivity index (χ1n) is 10.7. The van der Waals surface area contributed by atoms with Crippen LogP contribution in [-0.4, -0.2) is 29.9 Å². The fourth-order valence-electron chi connectivity index (χ4n) is 3.62. The number of imidazole rings is 1. The maximum absolute atomic E-state index is 12.9. The van der Waals surface area contributed by atoms with Crippen LogP contribution in [0.15, 0.2) is 53.3 Å². The number of aliphatic hydroxyl groups is 1. The highest BCUT2D eigenvalue weighted by atomic mass is 35.5. The summed E-state index contributed by atoms with van der Waals surface area (Å²) in [7, 11) is 1.62. The third-order valence-electron chi connectivity index (χ3n) is 5.50. The van der Waals surface area contributed by atoms with Gasteiger partial charge in [0.05, 0.1) is 12.6 Å². The van der Waals surface area contributed by atoms with Crippen molar-refractivity contribution in [1.29, 1.82) is 5.41 Å². The summed E-state index contributed by atoms with van der Waals surface area (Å²) in [6, 6.07) is 15.3. The Morgan fingerprint density at radius 2 is 1.79 bits per heavy atom. The van der Waals surface area contributed by atoms with Crippen LogP contribution < -0.4 is 15.9 Å². The number of rotatable bonds is 7. The number of nitrogens with one attached hydrogen (secondary N) is 1. The summed E-state index contributed by atoms with van der Waals surface area (Å²) in [5, 5.41) is 19.1. The second kappa shape index (κ2) is 9.25. The Balaban J connectivity index is 1.91. The summed E-state index contributed by atoms with van der Waals surface area (Å²) in [5.41, 5.74) is 2.53. The van der Waals surface area contributed by atoms with Gasteiger partial charge in [-0.1, -0.05) is 41.4 Å². The van der Waals surface area contributed by atoms with Crippen molar-refractivity contribution in [2.24, 2.45) is 7.05 Å². The maximum Gasteiger partial charge on any atom is 0.331 e. The Kier molecular flexibility index (Phi) is 6.40. The predicted octanol–water partition coefficient (Wildman–Crippen LogP) is 3.59. The van der Waals surface area contributed by atoms with Crippen molar-refractivity contribution in [1.82, 2.24) is 18.7 Å². The Morgan fingerprint density at radius 3 is 2.42 bits per heavy atom. The normalized spacial score (nSPS) is 12.3. The highest BCUT2D eigenvalue weighted by molar-refractivity contribution is 6.30. The van der Waals surface area contributed by atoms with E-state index < -0.39 is 6.10 Å². The van der Waals surface area contributed by atoms with E-state index in [4.69, 9.17) is 21.7 Å². The van der Waals surface area contributed by atoms with Gasteiger partial charge in [-0.05, 0) is 50.1 Å². The number of aryl methyl sites for hydroxylation is 2. The molecule has 9 heteroatoms. The standard InChI is InChI=1S/C24H26ClN5O3/c1-15-4-10-19(11-5-15)33-23-27-22-20(30(23)14-17-6-8-18(25)9-7-17)21(26)29(13-12-16(2)31)24(32)28(22)3/h4-11,16,26,31H,12-14H2,1-3H3. The highest BCUT2D eigenvalue weighted by Crippen LogP contribution is 2.26. The van der Waals surface area contributed by atoms with Crippen LogP contribution >= 0.6 is 11.6 Å². The number of hydrogen-bond donors (Lipinski definition) is 2. The number of benzene rings is 2. The van der Waals surface area contributed by atoms with E-state index in [1.54, 1.807) is 30.7 Å². The van der Waals surface area contributed by atoms with Crippen molar-refractivity contribution < 1.29 is 9.84 Å². The van der Waals surface area contributed by atoms with Gasteiger partial charge in [0.2, 0.25) is 0 Å². The number of aromatic nitrogens is 4. The average Bonchev–Trinajstić information content (AvgIpc) is 3.13. The molecule has 0 amide bonds. The van der Waals surface area contributed by atoms with Gasteiger partial charge in [-0.15, -0.1) is 0 Å². The van der Waals surface area contributed by atoms with Crippen LogP contribution in [0, 0.1) is 12.3 Å². The van der Waals surface area contributed by atoms with Crippen molar-refractivity contribution in [3.05, 3.63) is 80.7 Å². The van der Waals surface area contributed by atoms with Crippen LogP contribution in [0.2, 0.25) is 5.02 Å². The Morgan fingerprint density at radius 1 is 1.12 bits per heavy atom. The lowest BCUT2D eigenvalue weighted by molar-refractivity contribution is 0.176. The van der Waals surface area contributed by atoms with Gasteiger partial charge in [-0.2, -0.15) is 4.98 Å². The molecular formula is C24H26ClN5O3. The average molecular weight is 468 g/mol. The minimum absolute atomic E-state index is 0.0222. The van der Waals surface area contributed by atoms with E-state index in [-0.39, 0.29) is 23.7 Å². The first-order valence-corrected chi connectivity index (χ1v) is 11.0. The smallest absolute Gasteiger partial charge is 0.331 e. The van der Waals surface area contributed by atoms with Crippen molar-refractivity contribution in [2.75, 3.05) is 0 Å². The molecule has 2 aromatic carbocycles. The first kappa shape index (κ1) is 22.8. The number of halogens is 1.